The van der Waals surface area contributed by atoms with Gasteiger partial charge in [0.05, 0.1) is 17.4 Å². The highest BCUT2D eigenvalue weighted by molar-refractivity contribution is 5.60. The fourth-order valence-corrected chi connectivity index (χ4v) is 3.18. The molecule has 1 aliphatic heterocycles. The lowest BCUT2D eigenvalue weighted by Crippen LogP contribution is -2.40. The first kappa shape index (κ1) is 16.8. The lowest BCUT2D eigenvalue weighted by Gasteiger charge is -2.32. The molecule has 0 bridgehead atoms. The minimum atomic E-state index is -0.213. The van der Waals surface area contributed by atoms with Gasteiger partial charge in [0.1, 0.15) is 6.10 Å². The van der Waals surface area contributed by atoms with E-state index in [1.165, 1.54) is 0 Å². The zero-order valence-corrected chi connectivity index (χ0v) is 15.1. The molecule has 3 heterocycles. The van der Waals surface area contributed by atoms with Crippen molar-refractivity contribution < 1.29 is 9.15 Å². The molecule has 0 radical (unpaired) electrons. The Bertz CT molecular complexity index is 886. The van der Waals surface area contributed by atoms with Crippen LogP contribution < -0.4 is 0 Å². The highest BCUT2D eigenvalue weighted by atomic mass is 16.5. The molecule has 7 heteroatoms. The Kier molecular flexibility index (Phi) is 4.48. The zero-order valence-electron chi connectivity index (χ0n) is 15.1. The number of likely N-dealkylation sites (N-methyl/N-ethyl adjacent to an activating group) is 1. The molecule has 0 spiro atoms. The average Bonchev–Trinajstić information content (AvgIpc) is 3.11. The van der Waals surface area contributed by atoms with Crippen LogP contribution in [-0.2, 0) is 4.74 Å². The Balaban J connectivity index is 1.60. The van der Waals surface area contributed by atoms with Crippen LogP contribution in [-0.4, -0.2) is 51.3 Å². The molecule has 2 aromatic heterocycles. The number of aryl methyl sites for hydroxylation is 1. The molecule has 7 nitrogen and oxygen atoms in total. The van der Waals surface area contributed by atoms with Crippen molar-refractivity contribution in [2.75, 3.05) is 20.1 Å². The molecule has 3 aromatic rings. The minimum Gasteiger partial charge on any atom is -0.418 e. The third-order valence-corrected chi connectivity index (χ3v) is 4.40. The number of ether oxygens (including phenoxy) is 1. The maximum atomic E-state index is 5.93. The molecule has 1 aliphatic rings. The second-order valence-electron chi connectivity index (χ2n) is 6.66. The van der Waals surface area contributed by atoms with Gasteiger partial charge in [-0.15, -0.1) is 10.2 Å². The first-order chi connectivity index (χ1) is 12.6. The van der Waals surface area contributed by atoms with Crippen LogP contribution in [0.1, 0.15) is 24.6 Å². The van der Waals surface area contributed by atoms with E-state index in [9.17, 15) is 0 Å². The van der Waals surface area contributed by atoms with Gasteiger partial charge >= 0.3 is 0 Å². The van der Waals surface area contributed by atoms with Crippen molar-refractivity contribution in [2.45, 2.75) is 26.1 Å². The van der Waals surface area contributed by atoms with Gasteiger partial charge in [-0.1, -0.05) is 30.3 Å². The Morgan fingerprint density at radius 2 is 1.92 bits per heavy atom. The third-order valence-electron chi connectivity index (χ3n) is 4.40. The summed E-state index contributed by atoms with van der Waals surface area (Å²) in [6.07, 6.45) is 1.65. The van der Waals surface area contributed by atoms with Gasteiger partial charge in [0.25, 0.3) is 5.89 Å². The molecule has 0 unspecified atom stereocenters. The molecule has 134 valence electrons. The Labute approximate surface area is 152 Å². The fraction of sp³-hybridized carbons (Fsp3) is 0.368. The van der Waals surface area contributed by atoms with E-state index in [2.05, 4.69) is 32.1 Å². The van der Waals surface area contributed by atoms with E-state index in [4.69, 9.17) is 9.15 Å². The first-order valence-electron chi connectivity index (χ1n) is 8.67. The molecule has 1 saturated heterocycles. The van der Waals surface area contributed by atoms with Crippen LogP contribution in [0.4, 0.5) is 0 Å². The fourth-order valence-electron chi connectivity index (χ4n) is 3.18. The molecule has 4 rings (SSSR count). The van der Waals surface area contributed by atoms with Crippen LogP contribution in [0.15, 0.2) is 40.9 Å². The number of morpholine rings is 1. The summed E-state index contributed by atoms with van der Waals surface area (Å²) in [6, 6.07) is 9.87. The van der Waals surface area contributed by atoms with Crippen LogP contribution in [0, 0.1) is 6.92 Å². The lowest BCUT2D eigenvalue weighted by molar-refractivity contribution is -0.0821. The van der Waals surface area contributed by atoms with Gasteiger partial charge in [0, 0.05) is 24.8 Å². The molecular weight excluding hydrogens is 330 g/mol. The van der Waals surface area contributed by atoms with E-state index in [1.54, 1.807) is 6.20 Å². The van der Waals surface area contributed by atoms with Gasteiger partial charge in [0.15, 0.2) is 5.82 Å². The van der Waals surface area contributed by atoms with E-state index in [0.717, 1.165) is 29.9 Å². The Morgan fingerprint density at radius 3 is 2.65 bits per heavy atom. The molecule has 2 atom stereocenters. The van der Waals surface area contributed by atoms with Gasteiger partial charge in [-0.05, 0) is 20.9 Å². The summed E-state index contributed by atoms with van der Waals surface area (Å²) in [5.74, 6) is 1.59. The van der Waals surface area contributed by atoms with E-state index in [1.807, 2.05) is 44.2 Å². The summed E-state index contributed by atoms with van der Waals surface area (Å²) in [5, 5.41) is 8.36. The first-order valence-corrected chi connectivity index (χ1v) is 8.67. The zero-order chi connectivity index (χ0) is 18.1. The van der Waals surface area contributed by atoms with Crippen LogP contribution in [0.25, 0.3) is 22.8 Å². The van der Waals surface area contributed by atoms with E-state index in [-0.39, 0.29) is 12.2 Å². The number of rotatable bonds is 3. The van der Waals surface area contributed by atoms with Crippen molar-refractivity contribution >= 4 is 0 Å². The summed E-state index contributed by atoms with van der Waals surface area (Å²) < 4.78 is 11.8. The highest BCUT2D eigenvalue weighted by Gasteiger charge is 2.29. The van der Waals surface area contributed by atoms with Crippen LogP contribution in [0.2, 0.25) is 0 Å². The molecule has 0 aliphatic carbocycles. The molecular formula is C19H21N5O2. The smallest absolute Gasteiger partial charge is 0.251 e. The van der Waals surface area contributed by atoms with Gasteiger partial charge in [-0.3, -0.25) is 0 Å². The minimum absolute atomic E-state index is 0.129. The van der Waals surface area contributed by atoms with Crippen LogP contribution in [0.3, 0.4) is 0 Å². The maximum Gasteiger partial charge on any atom is 0.251 e. The standard InChI is InChI=1S/C19H21N5O2/c1-12-10-24(3)11-16(25-12)19-23-22-18(26-19)15-9-20-17(21-13(15)2)14-7-5-4-6-8-14/h4-9,12,16H,10-11H2,1-3H3/t12-,16-/m1/s1. The number of benzene rings is 1. The predicted molar refractivity (Wildman–Crippen MR) is 96.3 cm³/mol. The van der Waals surface area contributed by atoms with Crippen molar-refractivity contribution in [3.63, 3.8) is 0 Å². The molecule has 0 saturated carbocycles. The molecule has 0 amide bonds. The molecule has 0 N–H and O–H groups in total. The quantitative estimate of drug-likeness (QED) is 0.718. The maximum absolute atomic E-state index is 5.93. The average molecular weight is 351 g/mol. The highest BCUT2D eigenvalue weighted by Crippen LogP contribution is 2.28. The van der Waals surface area contributed by atoms with Crippen molar-refractivity contribution in [2.24, 2.45) is 0 Å². The summed E-state index contributed by atoms with van der Waals surface area (Å²) in [4.78, 5) is 11.2. The van der Waals surface area contributed by atoms with Gasteiger partial charge < -0.3 is 14.1 Å². The summed E-state index contributed by atoms with van der Waals surface area (Å²) in [7, 11) is 2.06. The number of hydrogen-bond donors (Lipinski definition) is 0. The van der Waals surface area contributed by atoms with Crippen molar-refractivity contribution in [1.82, 2.24) is 25.1 Å². The lowest BCUT2D eigenvalue weighted by atomic mass is 10.2. The molecule has 26 heavy (non-hydrogen) atoms. The van der Waals surface area contributed by atoms with Gasteiger partial charge in [-0.2, -0.15) is 0 Å². The van der Waals surface area contributed by atoms with Crippen LogP contribution in [0.5, 0.6) is 0 Å². The van der Waals surface area contributed by atoms with Crippen molar-refractivity contribution in [3.8, 4) is 22.8 Å². The second kappa shape index (κ2) is 6.93. The van der Waals surface area contributed by atoms with E-state index in [0.29, 0.717) is 17.6 Å². The predicted octanol–water partition coefficient (Wildman–Crippen LogP) is 2.89. The number of hydrogen-bond acceptors (Lipinski definition) is 7. The van der Waals surface area contributed by atoms with Gasteiger partial charge in [-0.25, -0.2) is 9.97 Å². The monoisotopic (exact) mass is 351 g/mol. The summed E-state index contributed by atoms with van der Waals surface area (Å²) >= 11 is 0. The number of nitrogens with zero attached hydrogens (tertiary/aromatic N) is 5. The van der Waals surface area contributed by atoms with Crippen molar-refractivity contribution in [3.05, 3.63) is 48.1 Å². The number of aromatic nitrogens is 4. The van der Waals surface area contributed by atoms with E-state index < -0.39 is 0 Å². The summed E-state index contributed by atoms with van der Waals surface area (Å²) in [5.41, 5.74) is 2.51. The van der Waals surface area contributed by atoms with E-state index >= 15 is 0 Å². The third kappa shape index (κ3) is 3.36. The van der Waals surface area contributed by atoms with Crippen molar-refractivity contribution in [1.29, 1.82) is 0 Å². The Hall–Kier alpha value is -2.64. The normalized spacial score (nSPS) is 21.0. The SMILES string of the molecule is Cc1nc(-c2ccccc2)ncc1-c1nnc([C@H]2CN(C)C[C@@H](C)O2)o1. The largest absolute Gasteiger partial charge is 0.418 e. The second-order valence-corrected chi connectivity index (χ2v) is 6.66. The van der Waals surface area contributed by atoms with Gasteiger partial charge in [0.2, 0.25) is 5.89 Å². The van der Waals surface area contributed by atoms with Crippen LogP contribution >= 0.6 is 0 Å². The summed E-state index contributed by atoms with van der Waals surface area (Å²) in [6.45, 7) is 5.58. The topological polar surface area (TPSA) is 77.2 Å². The molecule has 1 fully saturated rings. The molecule has 1 aromatic carbocycles. The Morgan fingerprint density at radius 1 is 1.12 bits per heavy atom.